The molecule has 0 radical (unpaired) electrons. The second kappa shape index (κ2) is 3.72. The van der Waals surface area contributed by atoms with Gasteiger partial charge in [-0.05, 0) is 19.1 Å². The van der Waals surface area contributed by atoms with Crippen LogP contribution in [0.4, 0.5) is 0 Å². The summed E-state index contributed by atoms with van der Waals surface area (Å²) in [5.74, 6) is 0. The van der Waals surface area contributed by atoms with E-state index in [0.717, 1.165) is 5.25 Å². The molecule has 0 aromatic carbocycles. The molecule has 0 saturated heterocycles. The number of hydrogen-bond acceptors (Lipinski definition) is 1. The number of thioether (sulfide) groups is 1. The van der Waals surface area contributed by atoms with E-state index in [1.54, 1.807) is 0 Å². The third-order valence-electron chi connectivity index (χ3n) is 1.92. The molecule has 0 aromatic heterocycles. The van der Waals surface area contributed by atoms with Crippen molar-refractivity contribution in [2.75, 3.05) is 6.26 Å². The Morgan fingerprint density at radius 3 is 2.44 bits per heavy atom. The van der Waals surface area contributed by atoms with E-state index in [1.165, 1.54) is 25.7 Å². The van der Waals surface area contributed by atoms with Gasteiger partial charge >= 0.3 is 0 Å². The fraction of sp³-hybridized carbons (Fsp3) is 1.00. The summed E-state index contributed by atoms with van der Waals surface area (Å²) < 4.78 is 0. The van der Waals surface area contributed by atoms with E-state index in [2.05, 4.69) is 6.26 Å². The van der Waals surface area contributed by atoms with Gasteiger partial charge in [0.15, 0.2) is 0 Å². The smallest absolute Gasteiger partial charge is 0.0454 e. The molecule has 1 rings (SSSR count). The van der Waals surface area contributed by atoms with E-state index < -0.39 is 0 Å². The molecule has 2 heteroatoms. The van der Waals surface area contributed by atoms with Crippen LogP contribution in [-0.2, 0) is 0 Å². The molecule has 1 aliphatic rings. The van der Waals surface area contributed by atoms with Gasteiger partial charge in [-0.15, -0.1) is 11.6 Å². The van der Waals surface area contributed by atoms with Crippen molar-refractivity contribution >= 4 is 23.4 Å². The normalized spacial score (nSPS) is 36.7. The second-order valence-electron chi connectivity index (χ2n) is 2.57. The Balaban J connectivity index is 2.30. The maximum Gasteiger partial charge on any atom is 0.0454 e. The van der Waals surface area contributed by atoms with Gasteiger partial charge in [-0.3, -0.25) is 0 Å². The van der Waals surface area contributed by atoms with Crippen LogP contribution in [0.15, 0.2) is 0 Å². The lowest BCUT2D eigenvalue weighted by molar-refractivity contribution is 0.523. The topological polar surface area (TPSA) is 0 Å². The summed E-state index contributed by atoms with van der Waals surface area (Å²) in [5.41, 5.74) is 0. The zero-order valence-electron chi connectivity index (χ0n) is 5.77. The molecule has 9 heavy (non-hydrogen) atoms. The lowest BCUT2D eigenvalue weighted by atomic mass is 10.00. The molecule has 2 atom stereocenters. The van der Waals surface area contributed by atoms with Crippen molar-refractivity contribution in [3.05, 3.63) is 0 Å². The van der Waals surface area contributed by atoms with Gasteiger partial charge in [-0.1, -0.05) is 12.8 Å². The van der Waals surface area contributed by atoms with Crippen LogP contribution in [0.3, 0.4) is 0 Å². The van der Waals surface area contributed by atoms with Crippen molar-refractivity contribution in [2.24, 2.45) is 0 Å². The summed E-state index contributed by atoms with van der Waals surface area (Å²) in [4.78, 5) is 0. The molecule has 0 spiro atoms. The van der Waals surface area contributed by atoms with Crippen LogP contribution in [-0.4, -0.2) is 16.9 Å². The Morgan fingerprint density at radius 1 is 1.33 bits per heavy atom. The van der Waals surface area contributed by atoms with E-state index in [0.29, 0.717) is 5.38 Å². The van der Waals surface area contributed by atoms with Crippen LogP contribution in [0.25, 0.3) is 0 Å². The van der Waals surface area contributed by atoms with Gasteiger partial charge in [0.05, 0.1) is 0 Å². The average molecular weight is 165 g/mol. The summed E-state index contributed by atoms with van der Waals surface area (Å²) in [6.07, 6.45) is 7.44. The molecule has 1 aliphatic carbocycles. The molecule has 0 N–H and O–H groups in total. The Morgan fingerprint density at radius 2 is 2.00 bits per heavy atom. The zero-order valence-corrected chi connectivity index (χ0v) is 7.34. The van der Waals surface area contributed by atoms with Gasteiger partial charge in [-0.2, -0.15) is 11.8 Å². The summed E-state index contributed by atoms with van der Waals surface area (Å²) in [5, 5.41) is 1.19. The van der Waals surface area contributed by atoms with Crippen molar-refractivity contribution < 1.29 is 0 Å². The molecule has 0 nitrogen and oxygen atoms in total. The van der Waals surface area contributed by atoms with Crippen LogP contribution in [0, 0.1) is 0 Å². The maximum absolute atomic E-state index is 6.06. The van der Waals surface area contributed by atoms with Crippen molar-refractivity contribution in [2.45, 2.75) is 36.3 Å². The molecule has 1 fully saturated rings. The van der Waals surface area contributed by atoms with Crippen LogP contribution in [0.2, 0.25) is 0 Å². The highest BCUT2D eigenvalue weighted by molar-refractivity contribution is 7.99. The monoisotopic (exact) mass is 164 g/mol. The number of alkyl halides is 1. The predicted octanol–water partition coefficient (Wildman–Crippen LogP) is 2.90. The summed E-state index contributed by atoms with van der Waals surface area (Å²) in [6, 6.07) is 0. The van der Waals surface area contributed by atoms with Gasteiger partial charge in [0.25, 0.3) is 0 Å². The number of rotatable bonds is 1. The van der Waals surface area contributed by atoms with E-state index in [4.69, 9.17) is 11.6 Å². The van der Waals surface area contributed by atoms with Crippen LogP contribution in [0.5, 0.6) is 0 Å². The number of hydrogen-bond donors (Lipinski definition) is 0. The Hall–Kier alpha value is 0.640. The van der Waals surface area contributed by atoms with Gasteiger partial charge in [0.1, 0.15) is 0 Å². The van der Waals surface area contributed by atoms with Crippen molar-refractivity contribution in [3.8, 4) is 0 Å². The molecule has 54 valence electrons. The molecule has 0 heterocycles. The second-order valence-corrected chi connectivity index (χ2v) is 4.21. The highest BCUT2D eigenvalue weighted by atomic mass is 35.5. The summed E-state index contributed by atoms with van der Waals surface area (Å²) in [7, 11) is 0. The number of halogens is 1. The van der Waals surface area contributed by atoms with E-state index in [9.17, 15) is 0 Å². The fourth-order valence-electron chi connectivity index (χ4n) is 1.32. The van der Waals surface area contributed by atoms with Crippen LogP contribution in [0.1, 0.15) is 25.7 Å². The van der Waals surface area contributed by atoms with Gasteiger partial charge in [-0.25, -0.2) is 0 Å². The van der Waals surface area contributed by atoms with E-state index >= 15 is 0 Å². The molecular formula is C7H13ClS. The van der Waals surface area contributed by atoms with Gasteiger partial charge in [0, 0.05) is 10.6 Å². The minimum absolute atomic E-state index is 0.453. The van der Waals surface area contributed by atoms with Gasteiger partial charge in [0.2, 0.25) is 0 Å². The third-order valence-corrected chi connectivity index (χ3v) is 3.77. The average Bonchev–Trinajstić information content (AvgIpc) is 1.89. The van der Waals surface area contributed by atoms with Crippen LogP contribution < -0.4 is 0 Å². The summed E-state index contributed by atoms with van der Waals surface area (Å²) in [6.45, 7) is 0. The Kier molecular flexibility index (Phi) is 3.20. The lowest BCUT2D eigenvalue weighted by Crippen LogP contribution is -2.21. The Labute approximate surface area is 66.3 Å². The highest BCUT2D eigenvalue weighted by Crippen LogP contribution is 2.30. The standard InChI is InChI=1S/C7H13ClS/c1-9-7-5-3-2-4-6(7)8/h6-7H,2-5H2,1H3. The van der Waals surface area contributed by atoms with Crippen molar-refractivity contribution in [1.82, 2.24) is 0 Å². The molecule has 0 aliphatic heterocycles. The predicted molar refractivity (Wildman–Crippen MR) is 45.4 cm³/mol. The first-order valence-corrected chi connectivity index (χ1v) is 5.24. The molecule has 0 aromatic rings. The van der Waals surface area contributed by atoms with Crippen molar-refractivity contribution in [3.63, 3.8) is 0 Å². The minimum Gasteiger partial charge on any atom is -0.160 e. The quantitative estimate of drug-likeness (QED) is 0.538. The van der Waals surface area contributed by atoms with Crippen molar-refractivity contribution in [1.29, 1.82) is 0 Å². The maximum atomic E-state index is 6.06. The largest absolute Gasteiger partial charge is 0.160 e. The first-order chi connectivity index (χ1) is 4.34. The van der Waals surface area contributed by atoms with E-state index in [1.807, 2.05) is 11.8 Å². The molecule has 1 saturated carbocycles. The van der Waals surface area contributed by atoms with Gasteiger partial charge < -0.3 is 0 Å². The molecule has 0 amide bonds. The molecular weight excluding hydrogens is 152 g/mol. The zero-order chi connectivity index (χ0) is 6.69. The Bertz CT molecular complexity index is 85.0. The third kappa shape index (κ3) is 2.05. The first-order valence-electron chi connectivity index (χ1n) is 3.51. The fourth-order valence-corrected chi connectivity index (χ4v) is 2.74. The minimum atomic E-state index is 0.453. The summed E-state index contributed by atoms with van der Waals surface area (Å²) >= 11 is 7.98. The van der Waals surface area contributed by atoms with E-state index in [-0.39, 0.29) is 0 Å². The molecule has 0 bridgehead atoms. The highest BCUT2D eigenvalue weighted by Gasteiger charge is 2.21. The van der Waals surface area contributed by atoms with Crippen LogP contribution >= 0.6 is 23.4 Å². The lowest BCUT2D eigenvalue weighted by Gasteiger charge is -2.24. The molecule has 2 unspecified atom stereocenters. The SMILES string of the molecule is CSC1CCCCC1Cl. The first kappa shape index (κ1) is 7.74.